The standard InChI is InChI=1S/C16H16ClFN2O/c1-11-2-4-12(5-3-11)9-20-16(21)10-19-15-7-6-13(18)8-14(15)17/h2-8,19H,9-10H2,1H3,(H,20,21). The molecule has 110 valence electrons. The SMILES string of the molecule is Cc1ccc(CNC(=O)CNc2ccc(F)cc2Cl)cc1. The Labute approximate surface area is 128 Å². The molecule has 0 spiro atoms. The zero-order valence-corrected chi connectivity index (χ0v) is 12.4. The molecular weight excluding hydrogens is 291 g/mol. The summed E-state index contributed by atoms with van der Waals surface area (Å²) in [7, 11) is 0. The Kier molecular flexibility index (Phi) is 5.17. The smallest absolute Gasteiger partial charge is 0.239 e. The number of nitrogens with one attached hydrogen (secondary N) is 2. The van der Waals surface area contributed by atoms with Crippen LogP contribution in [0.15, 0.2) is 42.5 Å². The van der Waals surface area contributed by atoms with Gasteiger partial charge >= 0.3 is 0 Å². The first-order valence-electron chi connectivity index (χ1n) is 6.56. The van der Waals surface area contributed by atoms with Crippen LogP contribution in [0.3, 0.4) is 0 Å². The molecule has 0 atom stereocenters. The maximum Gasteiger partial charge on any atom is 0.239 e. The quantitative estimate of drug-likeness (QED) is 0.887. The largest absolute Gasteiger partial charge is 0.375 e. The summed E-state index contributed by atoms with van der Waals surface area (Å²) in [6, 6.07) is 11.9. The molecule has 0 aliphatic heterocycles. The Morgan fingerprint density at radius 1 is 1.19 bits per heavy atom. The van der Waals surface area contributed by atoms with Gasteiger partial charge in [-0.05, 0) is 30.7 Å². The van der Waals surface area contributed by atoms with Crippen molar-refractivity contribution in [3.05, 3.63) is 64.4 Å². The van der Waals surface area contributed by atoms with E-state index >= 15 is 0 Å². The van der Waals surface area contributed by atoms with E-state index in [2.05, 4.69) is 10.6 Å². The van der Waals surface area contributed by atoms with E-state index in [-0.39, 0.29) is 17.5 Å². The Balaban J connectivity index is 1.80. The zero-order chi connectivity index (χ0) is 15.2. The van der Waals surface area contributed by atoms with E-state index in [1.807, 2.05) is 31.2 Å². The summed E-state index contributed by atoms with van der Waals surface area (Å²) in [4.78, 5) is 11.7. The topological polar surface area (TPSA) is 41.1 Å². The molecule has 0 saturated heterocycles. The molecule has 3 nitrogen and oxygen atoms in total. The van der Waals surface area contributed by atoms with E-state index in [0.717, 1.165) is 5.56 Å². The predicted molar refractivity (Wildman–Crippen MR) is 82.9 cm³/mol. The van der Waals surface area contributed by atoms with E-state index in [0.29, 0.717) is 12.2 Å². The van der Waals surface area contributed by atoms with Crippen LogP contribution in [-0.2, 0) is 11.3 Å². The Bertz CT molecular complexity index is 629. The second-order valence-electron chi connectivity index (χ2n) is 4.74. The lowest BCUT2D eigenvalue weighted by Crippen LogP contribution is -2.29. The van der Waals surface area contributed by atoms with Crippen LogP contribution in [0.2, 0.25) is 5.02 Å². The van der Waals surface area contributed by atoms with Crippen LogP contribution >= 0.6 is 11.6 Å². The van der Waals surface area contributed by atoms with E-state index in [1.54, 1.807) is 0 Å². The molecule has 0 saturated carbocycles. The third-order valence-corrected chi connectivity index (χ3v) is 3.29. The molecule has 0 radical (unpaired) electrons. The Morgan fingerprint density at radius 3 is 2.57 bits per heavy atom. The summed E-state index contributed by atoms with van der Waals surface area (Å²) in [5.74, 6) is -0.565. The molecule has 2 rings (SSSR count). The average Bonchev–Trinajstić information content (AvgIpc) is 2.46. The van der Waals surface area contributed by atoms with Crippen molar-refractivity contribution in [3.8, 4) is 0 Å². The first-order chi connectivity index (χ1) is 10.0. The molecule has 0 aliphatic carbocycles. The van der Waals surface area contributed by atoms with Crippen molar-refractivity contribution in [3.63, 3.8) is 0 Å². The molecule has 0 aliphatic rings. The van der Waals surface area contributed by atoms with Crippen molar-refractivity contribution in [2.75, 3.05) is 11.9 Å². The fraction of sp³-hybridized carbons (Fsp3) is 0.188. The third kappa shape index (κ3) is 4.76. The number of hydrogen-bond donors (Lipinski definition) is 2. The molecular formula is C16H16ClFN2O. The minimum Gasteiger partial charge on any atom is -0.375 e. The predicted octanol–water partition coefficient (Wildman–Crippen LogP) is 3.52. The van der Waals surface area contributed by atoms with Gasteiger partial charge in [0.1, 0.15) is 5.82 Å². The first kappa shape index (κ1) is 15.3. The number of aryl methyl sites for hydroxylation is 1. The number of rotatable bonds is 5. The van der Waals surface area contributed by atoms with Crippen LogP contribution in [0.25, 0.3) is 0 Å². The summed E-state index contributed by atoms with van der Waals surface area (Å²) < 4.78 is 12.9. The highest BCUT2D eigenvalue weighted by Crippen LogP contribution is 2.21. The summed E-state index contributed by atoms with van der Waals surface area (Å²) in [6.07, 6.45) is 0. The second kappa shape index (κ2) is 7.09. The molecule has 21 heavy (non-hydrogen) atoms. The highest BCUT2D eigenvalue weighted by Gasteiger charge is 2.05. The van der Waals surface area contributed by atoms with Crippen molar-refractivity contribution in [1.82, 2.24) is 5.32 Å². The Hall–Kier alpha value is -2.07. The van der Waals surface area contributed by atoms with E-state index in [9.17, 15) is 9.18 Å². The lowest BCUT2D eigenvalue weighted by atomic mass is 10.1. The van der Waals surface area contributed by atoms with Gasteiger partial charge in [0.2, 0.25) is 5.91 Å². The number of halogens is 2. The lowest BCUT2D eigenvalue weighted by Gasteiger charge is -2.09. The summed E-state index contributed by atoms with van der Waals surface area (Å²) in [5, 5.41) is 5.93. The molecule has 0 aromatic heterocycles. The number of carbonyl (C=O) groups is 1. The van der Waals surface area contributed by atoms with Gasteiger partial charge in [-0.1, -0.05) is 41.4 Å². The fourth-order valence-corrected chi connectivity index (χ4v) is 2.01. The minimum atomic E-state index is -0.408. The van der Waals surface area contributed by atoms with Crippen LogP contribution in [0.4, 0.5) is 10.1 Å². The third-order valence-electron chi connectivity index (χ3n) is 2.98. The lowest BCUT2D eigenvalue weighted by molar-refractivity contribution is -0.119. The van der Waals surface area contributed by atoms with Crippen molar-refractivity contribution in [2.45, 2.75) is 13.5 Å². The molecule has 0 fully saturated rings. The van der Waals surface area contributed by atoms with Crippen LogP contribution in [-0.4, -0.2) is 12.5 Å². The fourth-order valence-electron chi connectivity index (χ4n) is 1.78. The number of anilines is 1. The molecule has 2 N–H and O–H groups in total. The van der Waals surface area contributed by atoms with Gasteiger partial charge in [-0.25, -0.2) is 4.39 Å². The number of carbonyl (C=O) groups excluding carboxylic acids is 1. The van der Waals surface area contributed by atoms with Crippen molar-refractivity contribution < 1.29 is 9.18 Å². The van der Waals surface area contributed by atoms with Crippen molar-refractivity contribution in [2.24, 2.45) is 0 Å². The summed E-state index contributed by atoms with van der Waals surface area (Å²) in [6.45, 7) is 2.56. The first-order valence-corrected chi connectivity index (χ1v) is 6.93. The van der Waals surface area contributed by atoms with Gasteiger partial charge in [-0.15, -0.1) is 0 Å². The van der Waals surface area contributed by atoms with E-state index < -0.39 is 5.82 Å². The van der Waals surface area contributed by atoms with Crippen LogP contribution in [0.1, 0.15) is 11.1 Å². The molecule has 5 heteroatoms. The van der Waals surface area contributed by atoms with Gasteiger partial charge in [-0.3, -0.25) is 4.79 Å². The second-order valence-corrected chi connectivity index (χ2v) is 5.15. The van der Waals surface area contributed by atoms with E-state index in [1.165, 1.54) is 23.8 Å². The van der Waals surface area contributed by atoms with Crippen LogP contribution in [0.5, 0.6) is 0 Å². The van der Waals surface area contributed by atoms with Crippen LogP contribution in [0, 0.1) is 12.7 Å². The van der Waals surface area contributed by atoms with Crippen molar-refractivity contribution in [1.29, 1.82) is 0 Å². The van der Waals surface area contributed by atoms with Crippen molar-refractivity contribution >= 4 is 23.2 Å². The molecule has 0 unspecified atom stereocenters. The maximum absolute atomic E-state index is 12.9. The van der Waals surface area contributed by atoms with Crippen LogP contribution < -0.4 is 10.6 Å². The number of benzene rings is 2. The normalized spacial score (nSPS) is 10.2. The molecule has 0 bridgehead atoms. The highest BCUT2D eigenvalue weighted by molar-refractivity contribution is 6.33. The number of amides is 1. The average molecular weight is 307 g/mol. The summed E-state index contributed by atoms with van der Waals surface area (Å²) >= 11 is 5.87. The summed E-state index contributed by atoms with van der Waals surface area (Å²) in [5.41, 5.74) is 2.75. The van der Waals surface area contributed by atoms with Gasteiger partial charge in [0.25, 0.3) is 0 Å². The molecule has 2 aromatic carbocycles. The van der Waals surface area contributed by atoms with Gasteiger partial charge in [0.15, 0.2) is 0 Å². The molecule has 2 aromatic rings. The van der Waals surface area contributed by atoms with E-state index in [4.69, 9.17) is 11.6 Å². The maximum atomic E-state index is 12.9. The highest BCUT2D eigenvalue weighted by atomic mass is 35.5. The van der Waals surface area contributed by atoms with Gasteiger partial charge < -0.3 is 10.6 Å². The number of hydrogen-bond acceptors (Lipinski definition) is 2. The molecule has 0 heterocycles. The zero-order valence-electron chi connectivity index (χ0n) is 11.6. The van der Waals surface area contributed by atoms with Gasteiger partial charge in [-0.2, -0.15) is 0 Å². The molecule has 1 amide bonds. The Morgan fingerprint density at radius 2 is 1.90 bits per heavy atom. The minimum absolute atomic E-state index is 0.0806. The monoisotopic (exact) mass is 306 g/mol. The van der Waals surface area contributed by atoms with Gasteiger partial charge in [0, 0.05) is 6.54 Å². The van der Waals surface area contributed by atoms with Gasteiger partial charge in [0.05, 0.1) is 17.3 Å².